The molecule has 0 aliphatic carbocycles. The minimum absolute atomic E-state index is 0.105. The molecule has 1 unspecified atom stereocenters. The van der Waals surface area contributed by atoms with Crippen LogP contribution in [0.2, 0.25) is 0 Å². The molecule has 1 N–H and O–H groups in total. The second-order valence-corrected chi connectivity index (χ2v) is 10.9. The molecule has 1 aromatic heterocycles. The van der Waals surface area contributed by atoms with Gasteiger partial charge in [-0.05, 0) is 75.5 Å². The number of fused-ring (bicyclic) bond motifs is 1. The summed E-state index contributed by atoms with van der Waals surface area (Å²) in [5, 5.41) is 2.72. The fraction of sp³-hybridized carbons (Fsp3) is 0.448. The summed E-state index contributed by atoms with van der Waals surface area (Å²) in [6.07, 6.45) is 6.30. The van der Waals surface area contributed by atoms with Gasteiger partial charge in [-0.2, -0.15) is 0 Å². The SMILES string of the molecule is Cc1nc2ccc(SCc3ccc(CN4CCCCCC4)cc3)cc2c(=O)n1C(C)CCC(=O)NC=O. The van der Waals surface area contributed by atoms with E-state index in [1.165, 1.54) is 49.9 Å². The molecule has 2 heterocycles. The van der Waals surface area contributed by atoms with Crippen molar-refractivity contribution in [3.05, 3.63) is 69.8 Å². The van der Waals surface area contributed by atoms with Crippen LogP contribution in [-0.4, -0.2) is 39.9 Å². The van der Waals surface area contributed by atoms with Crippen LogP contribution in [0, 0.1) is 6.92 Å². The van der Waals surface area contributed by atoms with Gasteiger partial charge >= 0.3 is 0 Å². The molecular formula is C29H36N4O3S. The maximum absolute atomic E-state index is 13.4. The van der Waals surface area contributed by atoms with Gasteiger partial charge in [-0.15, -0.1) is 11.8 Å². The third-order valence-electron chi connectivity index (χ3n) is 7.03. The van der Waals surface area contributed by atoms with Gasteiger partial charge in [0.2, 0.25) is 12.3 Å². The summed E-state index contributed by atoms with van der Waals surface area (Å²) in [7, 11) is 0. The average molecular weight is 521 g/mol. The van der Waals surface area contributed by atoms with Gasteiger partial charge in [0.05, 0.1) is 10.9 Å². The van der Waals surface area contributed by atoms with Crippen molar-refractivity contribution in [2.24, 2.45) is 0 Å². The third-order valence-corrected chi connectivity index (χ3v) is 8.10. The number of nitrogens with zero attached hydrogens (tertiary/aromatic N) is 3. The first-order valence-electron chi connectivity index (χ1n) is 13.1. The fourth-order valence-corrected chi connectivity index (χ4v) is 5.86. The number of rotatable bonds is 10. The molecule has 0 bridgehead atoms. The van der Waals surface area contributed by atoms with Crippen LogP contribution in [0.4, 0.5) is 0 Å². The van der Waals surface area contributed by atoms with E-state index in [4.69, 9.17) is 0 Å². The molecule has 3 aromatic rings. The highest BCUT2D eigenvalue weighted by Gasteiger charge is 2.16. The van der Waals surface area contributed by atoms with Crippen molar-refractivity contribution in [2.45, 2.75) is 75.6 Å². The maximum atomic E-state index is 13.4. The summed E-state index contributed by atoms with van der Waals surface area (Å²) >= 11 is 1.71. The lowest BCUT2D eigenvalue weighted by atomic mass is 10.1. The Morgan fingerprint density at radius 3 is 2.49 bits per heavy atom. The van der Waals surface area contributed by atoms with Crippen molar-refractivity contribution >= 4 is 35.0 Å². The Labute approximate surface area is 222 Å². The number of hydrogen-bond donors (Lipinski definition) is 1. The van der Waals surface area contributed by atoms with E-state index in [9.17, 15) is 14.4 Å². The molecule has 1 aliphatic heterocycles. The van der Waals surface area contributed by atoms with Gasteiger partial charge in [0.25, 0.3) is 5.56 Å². The van der Waals surface area contributed by atoms with Crippen molar-refractivity contribution in [3.63, 3.8) is 0 Å². The van der Waals surface area contributed by atoms with E-state index in [2.05, 4.69) is 39.5 Å². The molecular weight excluding hydrogens is 484 g/mol. The lowest BCUT2D eigenvalue weighted by Gasteiger charge is -2.19. The van der Waals surface area contributed by atoms with Crippen molar-refractivity contribution in [2.75, 3.05) is 13.1 Å². The van der Waals surface area contributed by atoms with Gasteiger partial charge in [0, 0.05) is 29.7 Å². The first kappa shape index (κ1) is 27.1. The van der Waals surface area contributed by atoms with Gasteiger partial charge < -0.3 is 0 Å². The van der Waals surface area contributed by atoms with Crippen LogP contribution in [0.25, 0.3) is 10.9 Å². The van der Waals surface area contributed by atoms with E-state index in [1.54, 1.807) is 16.3 Å². The topological polar surface area (TPSA) is 84.3 Å². The molecule has 1 saturated heterocycles. The van der Waals surface area contributed by atoms with Crippen LogP contribution in [0.3, 0.4) is 0 Å². The molecule has 0 saturated carbocycles. The Morgan fingerprint density at radius 1 is 1.08 bits per heavy atom. The number of thioether (sulfide) groups is 1. The number of amides is 2. The summed E-state index contributed by atoms with van der Waals surface area (Å²) in [5.41, 5.74) is 3.19. The molecule has 0 radical (unpaired) electrons. The first-order chi connectivity index (χ1) is 17.9. The Hall–Kier alpha value is -2.97. The molecule has 4 rings (SSSR count). The number of aromatic nitrogens is 2. The summed E-state index contributed by atoms with van der Waals surface area (Å²) in [6, 6.07) is 14.5. The zero-order valence-corrected chi connectivity index (χ0v) is 22.6. The molecule has 196 valence electrons. The van der Waals surface area contributed by atoms with E-state index in [-0.39, 0.29) is 23.9 Å². The van der Waals surface area contributed by atoms with Gasteiger partial charge in [-0.3, -0.25) is 29.2 Å². The molecule has 0 spiro atoms. The molecule has 1 atom stereocenters. The van der Waals surface area contributed by atoms with Crippen LogP contribution >= 0.6 is 11.8 Å². The highest BCUT2D eigenvalue weighted by Crippen LogP contribution is 2.26. The number of carbonyl (C=O) groups is 2. The number of carbonyl (C=O) groups excluding carboxylic acids is 2. The number of imide groups is 1. The van der Waals surface area contributed by atoms with Gasteiger partial charge in [-0.1, -0.05) is 37.1 Å². The second-order valence-electron chi connectivity index (χ2n) is 9.88. The largest absolute Gasteiger partial charge is 0.299 e. The lowest BCUT2D eigenvalue weighted by molar-refractivity contribution is -0.125. The monoisotopic (exact) mass is 520 g/mol. The zero-order chi connectivity index (χ0) is 26.2. The van der Waals surface area contributed by atoms with Crippen LogP contribution in [0.5, 0.6) is 0 Å². The number of likely N-dealkylation sites (tertiary alicyclic amines) is 1. The molecule has 8 heteroatoms. The molecule has 2 aromatic carbocycles. The molecule has 7 nitrogen and oxygen atoms in total. The average Bonchev–Trinajstić information content (AvgIpc) is 3.16. The summed E-state index contributed by atoms with van der Waals surface area (Å²) in [4.78, 5) is 43.7. The lowest BCUT2D eigenvalue weighted by Crippen LogP contribution is -2.28. The minimum atomic E-state index is -0.352. The highest BCUT2D eigenvalue weighted by atomic mass is 32.2. The third kappa shape index (κ3) is 7.29. The smallest absolute Gasteiger partial charge is 0.261 e. The van der Waals surface area contributed by atoms with E-state index < -0.39 is 0 Å². The quantitative estimate of drug-likeness (QED) is 0.300. The highest BCUT2D eigenvalue weighted by molar-refractivity contribution is 7.98. The standard InChI is InChI=1S/C29H36N4O3S/c1-21(7-14-28(35)30-20-34)33-22(2)31-27-13-12-25(17-26(27)29(33)36)37-19-24-10-8-23(9-11-24)18-32-15-5-3-4-6-16-32/h8-13,17,20-21H,3-7,14-16,18-19H2,1-2H3,(H,30,34,35). The van der Waals surface area contributed by atoms with Crippen LogP contribution in [-0.2, 0) is 21.9 Å². The molecule has 2 amide bonds. The second kappa shape index (κ2) is 13.0. The van der Waals surface area contributed by atoms with Gasteiger partial charge in [-0.25, -0.2) is 4.98 Å². The van der Waals surface area contributed by atoms with Crippen LogP contribution in [0.15, 0.2) is 52.2 Å². The van der Waals surface area contributed by atoms with Gasteiger partial charge in [0.15, 0.2) is 0 Å². The summed E-state index contributed by atoms with van der Waals surface area (Å²) in [5.74, 6) is 1.09. The number of nitrogens with one attached hydrogen (secondary N) is 1. The van der Waals surface area contributed by atoms with E-state index in [0.29, 0.717) is 29.6 Å². The summed E-state index contributed by atoms with van der Waals surface area (Å²) < 4.78 is 1.65. The molecule has 1 fully saturated rings. The Bertz CT molecular complexity index is 1280. The predicted octanol–water partition coefficient (Wildman–Crippen LogP) is 4.99. The Balaban J connectivity index is 1.42. The van der Waals surface area contributed by atoms with Crippen molar-refractivity contribution in [1.29, 1.82) is 0 Å². The van der Waals surface area contributed by atoms with E-state index in [0.717, 1.165) is 17.2 Å². The fourth-order valence-electron chi connectivity index (χ4n) is 4.96. The molecule has 37 heavy (non-hydrogen) atoms. The minimum Gasteiger partial charge on any atom is -0.299 e. The van der Waals surface area contributed by atoms with Crippen LogP contribution in [0.1, 0.15) is 68.4 Å². The number of aryl methyl sites for hydroxylation is 1. The normalized spacial score (nSPS) is 15.3. The molecule has 1 aliphatic rings. The number of benzene rings is 2. The van der Waals surface area contributed by atoms with Crippen LogP contribution < -0.4 is 10.9 Å². The Kier molecular flexibility index (Phi) is 9.52. The van der Waals surface area contributed by atoms with E-state index >= 15 is 0 Å². The number of hydrogen-bond acceptors (Lipinski definition) is 6. The van der Waals surface area contributed by atoms with Crippen molar-refractivity contribution in [3.8, 4) is 0 Å². The zero-order valence-electron chi connectivity index (χ0n) is 21.7. The van der Waals surface area contributed by atoms with E-state index in [1.807, 2.05) is 32.0 Å². The van der Waals surface area contributed by atoms with Crippen molar-refractivity contribution in [1.82, 2.24) is 19.8 Å². The van der Waals surface area contributed by atoms with Crippen molar-refractivity contribution < 1.29 is 9.59 Å². The maximum Gasteiger partial charge on any atom is 0.261 e. The Morgan fingerprint density at radius 2 is 1.78 bits per heavy atom. The predicted molar refractivity (Wildman–Crippen MR) is 149 cm³/mol. The first-order valence-corrected chi connectivity index (χ1v) is 14.1. The van der Waals surface area contributed by atoms with Gasteiger partial charge in [0.1, 0.15) is 5.82 Å². The summed E-state index contributed by atoms with van der Waals surface area (Å²) in [6.45, 7) is 7.12.